The quantitative estimate of drug-likeness (QED) is 0.0200. The first-order valence-corrected chi connectivity index (χ1v) is 24.8. The van der Waals surface area contributed by atoms with E-state index in [2.05, 4.69) is 118 Å². The predicted octanol–water partition coefficient (Wildman–Crippen LogP) is 16.2. The molecule has 0 aromatic carbocycles. The SMILES string of the molecule is CC\C=C/C=C\C=C/CCCCCCCCCC(=O)OC(COC(=O)CCCC/C=C\C/C=C\CC)COC(=O)CCCCCCCCCCC/C=C\C/C=C\C/C=C\CC. The Balaban J connectivity index is 4.36. The van der Waals surface area contributed by atoms with Gasteiger partial charge in [-0.2, -0.15) is 0 Å². The first-order chi connectivity index (χ1) is 30.0. The molecular weight excluding hydrogens is 757 g/mol. The molecule has 0 rings (SSSR count). The number of esters is 3. The molecule has 0 radical (unpaired) electrons. The molecule has 0 aliphatic heterocycles. The number of hydrogen-bond donors (Lipinski definition) is 0. The van der Waals surface area contributed by atoms with Gasteiger partial charge in [0.25, 0.3) is 0 Å². The van der Waals surface area contributed by atoms with Crippen molar-refractivity contribution in [3.05, 3.63) is 97.2 Å². The molecule has 0 aromatic heterocycles. The summed E-state index contributed by atoms with van der Waals surface area (Å²) in [4.78, 5) is 37.8. The van der Waals surface area contributed by atoms with Crippen LogP contribution in [0, 0.1) is 0 Å². The lowest BCUT2D eigenvalue weighted by Crippen LogP contribution is -2.30. The Morgan fingerprint density at radius 1 is 0.344 bits per heavy atom. The second-order valence-electron chi connectivity index (χ2n) is 16.0. The fourth-order valence-corrected chi connectivity index (χ4v) is 6.49. The molecule has 0 saturated carbocycles. The normalized spacial score (nSPS) is 12.9. The molecule has 1 unspecified atom stereocenters. The highest BCUT2D eigenvalue weighted by Crippen LogP contribution is 2.14. The Labute approximate surface area is 375 Å². The van der Waals surface area contributed by atoms with Crippen LogP contribution in [0.15, 0.2) is 97.2 Å². The van der Waals surface area contributed by atoms with Crippen molar-refractivity contribution in [1.82, 2.24) is 0 Å². The Morgan fingerprint density at radius 2 is 0.672 bits per heavy atom. The van der Waals surface area contributed by atoms with Crippen LogP contribution in [0.4, 0.5) is 0 Å². The molecule has 0 bridgehead atoms. The van der Waals surface area contributed by atoms with Crippen LogP contribution in [0.1, 0.15) is 213 Å². The van der Waals surface area contributed by atoms with E-state index in [0.717, 1.165) is 109 Å². The molecule has 0 heterocycles. The van der Waals surface area contributed by atoms with Crippen LogP contribution < -0.4 is 0 Å². The summed E-state index contributed by atoms with van der Waals surface area (Å²) in [6, 6.07) is 0. The topological polar surface area (TPSA) is 78.9 Å². The van der Waals surface area contributed by atoms with E-state index in [9.17, 15) is 14.4 Å². The van der Waals surface area contributed by atoms with Crippen LogP contribution in [0.3, 0.4) is 0 Å². The van der Waals surface area contributed by atoms with Gasteiger partial charge in [-0.05, 0) is 96.3 Å². The third kappa shape index (κ3) is 47.2. The average Bonchev–Trinajstić information content (AvgIpc) is 3.26. The molecular formula is C55H90O6. The average molecular weight is 847 g/mol. The summed E-state index contributed by atoms with van der Waals surface area (Å²) in [6.45, 7) is 6.22. The zero-order valence-electron chi connectivity index (χ0n) is 39.4. The van der Waals surface area contributed by atoms with Gasteiger partial charge in [0.05, 0.1) is 0 Å². The van der Waals surface area contributed by atoms with Crippen molar-refractivity contribution in [1.29, 1.82) is 0 Å². The number of rotatable bonds is 43. The van der Waals surface area contributed by atoms with E-state index < -0.39 is 6.10 Å². The van der Waals surface area contributed by atoms with E-state index in [1.165, 1.54) is 64.2 Å². The smallest absolute Gasteiger partial charge is 0.306 e. The fraction of sp³-hybridized carbons (Fsp3) is 0.655. The fourth-order valence-electron chi connectivity index (χ4n) is 6.49. The lowest BCUT2D eigenvalue weighted by atomic mass is 10.1. The summed E-state index contributed by atoms with van der Waals surface area (Å²) in [5, 5.41) is 0. The van der Waals surface area contributed by atoms with Gasteiger partial charge in [0.2, 0.25) is 0 Å². The minimum absolute atomic E-state index is 0.0969. The third-order valence-corrected chi connectivity index (χ3v) is 10.1. The summed E-state index contributed by atoms with van der Waals surface area (Å²) in [6.07, 6.45) is 64.0. The summed E-state index contributed by atoms with van der Waals surface area (Å²) < 4.78 is 16.7. The molecule has 0 amide bonds. The van der Waals surface area contributed by atoms with Crippen molar-refractivity contribution in [3.63, 3.8) is 0 Å². The second-order valence-corrected chi connectivity index (χ2v) is 16.0. The molecule has 1 atom stereocenters. The van der Waals surface area contributed by atoms with Crippen LogP contribution in [-0.2, 0) is 28.6 Å². The van der Waals surface area contributed by atoms with Gasteiger partial charge < -0.3 is 14.2 Å². The zero-order chi connectivity index (χ0) is 44.4. The van der Waals surface area contributed by atoms with Crippen molar-refractivity contribution in [2.45, 2.75) is 219 Å². The molecule has 0 aliphatic rings. The van der Waals surface area contributed by atoms with E-state index in [1.54, 1.807) is 0 Å². The van der Waals surface area contributed by atoms with Crippen LogP contribution >= 0.6 is 0 Å². The number of allylic oxidation sites excluding steroid dienone is 16. The predicted molar refractivity (Wildman–Crippen MR) is 260 cm³/mol. The molecule has 0 fully saturated rings. The largest absolute Gasteiger partial charge is 0.462 e. The van der Waals surface area contributed by atoms with Gasteiger partial charge in [0, 0.05) is 19.3 Å². The molecule has 0 aliphatic carbocycles. The van der Waals surface area contributed by atoms with Crippen LogP contribution in [0.5, 0.6) is 0 Å². The lowest BCUT2D eigenvalue weighted by Gasteiger charge is -2.18. The first kappa shape index (κ1) is 57.3. The van der Waals surface area contributed by atoms with Crippen molar-refractivity contribution in [2.24, 2.45) is 0 Å². The third-order valence-electron chi connectivity index (χ3n) is 10.1. The standard InChI is InChI=1S/C55H90O6/c1-4-7-10-13-16-19-21-23-25-26-27-28-30-31-33-36-39-42-45-48-54(57)60-51-52(50-59-53(56)47-44-41-38-35-18-15-12-9-6-3)61-55(58)49-46-43-40-37-34-32-29-24-22-20-17-14-11-8-5-2/h7-12,14,16-20,22-23,25,35,52H,4-6,13,15,21,24,26-34,36-51H2,1-3H3/b10-7-,11-8-,12-9-,17-14-,19-16-,22-20-,25-23-,35-18-. The maximum atomic E-state index is 12.8. The van der Waals surface area contributed by atoms with Crippen molar-refractivity contribution in [2.75, 3.05) is 13.2 Å². The van der Waals surface area contributed by atoms with Crippen molar-refractivity contribution >= 4 is 17.9 Å². The number of unbranched alkanes of at least 4 members (excludes halogenated alkanes) is 18. The first-order valence-electron chi connectivity index (χ1n) is 24.8. The molecule has 0 N–H and O–H groups in total. The summed E-state index contributed by atoms with van der Waals surface area (Å²) in [5.41, 5.74) is 0. The van der Waals surface area contributed by atoms with Crippen LogP contribution in [-0.4, -0.2) is 37.2 Å². The van der Waals surface area contributed by atoms with Gasteiger partial charge >= 0.3 is 17.9 Å². The highest BCUT2D eigenvalue weighted by molar-refractivity contribution is 5.71. The number of carbonyl (C=O) groups excluding carboxylic acids is 3. The summed E-state index contributed by atoms with van der Waals surface area (Å²) >= 11 is 0. The second kappa shape index (κ2) is 49.0. The Morgan fingerprint density at radius 3 is 1.13 bits per heavy atom. The minimum atomic E-state index is -0.798. The van der Waals surface area contributed by atoms with Gasteiger partial charge in [-0.25, -0.2) is 0 Å². The maximum absolute atomic E-state index is 12.8. The van der Waals surface area contributed by atoms with Crippen molar-refractivity contribution < 1.29 is 28.6 Å². The molecule has 0 saturated heterocycles. The van der Waals surface area contributed by atoms with E-state index in [-0.39, 0.29) is 31.1 Å². The van der Waals surface area contributed by atoms with Crippen LogP contribution in [0.25, 0.3) is 0 Å². The van der Waals surface area contributed by atoms with E-state index in [4.69, 9.17) is 14.2 Å². The van der Waals surface area contributed by atoms with E-state index >= 15 is 0 Å². The van der Waals surface area contributed by atoms with Gasteiger partial charge in [0.15, 0.2) is 6.10 Å². The van der Waals surface area contributed by atoms with E-state index in [1.807, 2.05) is 0 Å². The molecule has 346 valence electrons. The van der Waals surface area contributed by atoms with Gasteiger partial charge in [-0.1, -0.05) is 195 Å². The van der Waals surface area contributed by atoms with E-state index in [0.29, 0.717) is 19.3 Å². The molecule has 61 heavy (non-hydrogen) atoms. The lowest BCUT2D eigenvalue weighted by molar-refractivity contribution is -0.167. The number of hydrogen-bond acceptors (Lipinski definition) is 6. The zero-order valence-corrected chi connectivity index (χ0v) is 39.4. The van der Waals surface area contributed by atoms with Gasteiger partial charge in [-0.3, -0.25) is 14.4 Å². The monoisotopic (exact) mass is 847 g/mol. The molecule has 6 heteroatoms. The number of ether oxygens (including phenoxy) is 3. The summed E-state index contributed by atoms with van der Waals surface area (Å²) in [7, 11) is 0. The van der Waals surface area contributed by atoms with Crippen LogP contribution in [0.2, 0.25) is 0 Å². The van der Waals surface area contributed by atoms with Gasteiger partial charge in [0.1, 0.15) is 13.2 Å². The maximum Gasteiger partial charge on any atom is 0.306 e. The minimum Gasteiger partial charge on any atom is -0.462 e. The Bertz CT molecular complexity index is 1250. The Kier molecular flexibility index (Phi) is 46.0. The summed E-state index contributed by atoms with van der Waals surface area (Å²) in [5.74, 6) is -0.958. The van der Waals surface area contributed by atoms with Crippen molar-refractivity contribution in [3.8, 4) is 0 Å². The molecule has 0 spiro atoms. The molecule has 6 nitrogen and oxygen atoms in total. The van der Waals surface area contributed by atoms with Gasteiger partial charge in [-0.15, -0.1) is 0 Å². The highest BCUT2D eigenvalue weighted by atomic mass is 16.6. The number of carbonyl (C=O) groups is 3. The highest BCUT2D eigenvalue weighted by Gasteiger charge is 2.19. The Hall–Kier alpha value is -3.67. The molecule has 0 aromatic rings.